The van der Waals surface area contributed by atoms with Gasteiger partial charge in [0.05, 0.1) is 28.9 Å². The van der Waals surface area contributed by atoms with Crippen LogP contribution in [0.2, 0.25) is 0 Å². The van der Waals surface area contributed by atoms with Crippen LogP contribution < -0.4 is 26.0 Å². The van der Waals surface area contributed by atoms with Crippen LogP contribution in [0.5, 0.6) is 5.75 Å². The van der Waals surface area contributed by atoms with Gasteiger partial charge in [0.15, 0.2) is 0 Å². The van der Waals surface area contributed by atoms with Crippen molar-refractivity contribution in [3.63, 3.8) is 0 Å². The van der Waals surface area contributed by atoms with E-state index >= 15 is 0 Å². The lowest BCUT2D eigenvalue weighted by molar-refractivity contribution is 0.168. The lowest BCUT2D eigenvalue weighted by atomic mass is 10.1. The van der Waals surface area contributed by atoms with Gasteiger partial charge in [-0.1, -0.05) is 18.2 Å². The summed E-state index contributed by atoms with van der Waals surface area (Å²) in [6.45, 7) is 9.45. The van der Waals surface area contributed by atoms with E-state index in [2.05, 4.69) is 83.1 Å². The Bertz CT molecular complexity index is 1390. The lowest BCUT2D eigenvalue weighted by Crippen LogP contribution is -2.45. The van der Waals surface area contributed by atoms with Crippen LogP contribution in [0.4, 0.5) is 0 Å². The Balaban J connectivity index is 1.64. The Labute approximate surface area is 188 Å². The van der Waals surface area contributed by atoms with Crippen molar-refractivity contribution < 1.29 is 4.74 Å². The second kappa shape index (κ2) is 8.45. The fourth-order valence-corrected chi connectivity index (χ4v) is 4.65. The van der Waals surface area contributed by atoms with Crippen molar-refractivity contribution in [2.75, 3.05) is 46.9 Å². The molecule has 0 unspecified atom stereocenters. The van der Waals surface area contributed by atoms with Gasteiger partial charge in [0.2, 0.25) is 0 Å². The zero-order valence-electron chi connectivity index (χ0n) is 19.3. The number of hydrogen-bond donors (Lipinski definition) is 2. The SMILES string of the molecule is COc1cc(=C2N=c3ccccc3=C2CN2CCN(C)CC2)[nH]/c1=C\c1[nH]c(C)cc1C. The van der Waals surface area contributed by atoms with Crippen molar-refractivity contribution >= 4 is 17.3 Å². The number of aromatic amines is 2. The number of piperazine rings is 1. The van der Waals surface area contributed by atoms with Crippen molar-refractivity contribution in [1.29, 1.82) is 0 Å². The average molecular weight is 430 g/mol. The van der Waals surface area contributed by atoms with Crippen LogP contribution in [0.15, 0.2) is 41.4 Å². The largest absolute Gasteiger partial charge is 0.494 e. The molecule has 4 heterocycles. The van der Waals surface area contributed by atoms with Crippen LogP contribution >= 0.6 is 0 Å². The monoisotopic (exact) mass is 429 g/mol. The Kier molecular flexibility index (Phi) is 5.49. The molecule has 1 saturated heterocycles. The molecule has 6 nitrogen and oxygen atoms in total. The summed E-state index contributed by atoms with van der Waals surface area (Å²) in [4.78, 5) is 17.0. The molecule has 2 aliphatic heterocycles. The normalized spacial score (nSPS) is 19.4. The van der Waals surface area contributed by atoms with Gasteiger partial charge in [-0.25, -0.2) is 4.99 Å². The van der Waals surface area contributed by atoms with Gasteiger partial charge in [-0.3, -0.25) is 4.90 Å². The highest BCUT2D eigenvalue weighted by molar-refractivity contribution is 5.89. The van der Waals surface area contributed by atoms with Crippen molar-refractivity contribution in [2.24, 2.45) is 4.99 Å². The summed E-state index contributed by atoms with van der Waals surface area (Å²) >= 11 is 0. The van der Waals surface area contributed by atoms with E-state index in [4.69, 9.17) is 9.73 Å². The first-order valence-electron chi connectivity index (χ1n) is 11.3. The Morgan fingerprint density at radius 3 is 2.56 bits per heavy atom. The van der Waals surface area contributed by atoms with E-state index in [0.29, 0.717) is 0 Å². The molecule has 2 N–H and O–H groups in total. The minimum atomic E-state index is 0.823. The van der Waals surface area contributed by atoms with E-state index in [1.165, 1.54) is 16.4 Å². The zero-order chi connectivity index (χ0) is 22.2. The number of aromatic nitrogens is 2. The first kappa shape index (κ1) is 20.8. The summed E-state index contributed by atoms with van der Waals surface area (Å²) in [5.74, 6) is 0.823. The fraction of sp³-hybridized carbons (Fsp3) is 0.346. The molecule has 0 spiro atoms. The summed E-state index contributed by atoms with van der Waals surface area (Å²) in [5.41, 5.74) is 5.76. The van der Waals surface area contributed by atoms with Gasteiger partial charge < -0.3 is 19.6 Å². The molecule has 0 atom stereocenters. The first-order chi connectivity index (χ1) is 15.5. The van der Waals surface area contributed by atoms with Crippen molar-refractivity contribution in [3.8, 4) is 5.75 Å². The number of aryl methyl sites for hydroxylation is 2. The molecule has 0 bridgehead atoms. The smallest absolute Gasteiger partial charge is 0.144 e. The first-order valence-corrected chi connectivity index (χ1v) is 11.3. The standard InChI is InChI=1S/C26H31N5O/c1-17-13-18(2)27-22(17)14-23-25(32-4)15-24(28-23)26-20(16-31-11-9-30(3)10-12-31)19-7-5-6-8-21(19)29-26/h5-8,13-15,27-28H,9-12,16H2,1-4H3/b23-14-,26-24?. The zero-order valence-corrected chi connectivity index (χ0v) is 19.3. The number of fused-ring (bicyclic) bond motifs is 1. The van der Waals surface area contributed by atoms with Crippen LogP contribution in [0.3, 0.4) is 0 Å². The number of nitrogens with one attached hydrogen (secondary N) is 2. The third-order valence-corrected chi connectivity index (χ3v) is 6.49. The molecule has 1 fully saturated rings. The van der Waals surface area contributed by atoms with E-state index in [9.17, 15) is 0 Å². The fourth-order valence-electron chi connectivity index (χ4n) is 4.65. The van der Waals surface area contributed by atoms with Gasteiger partial charge in [-0.2, -0.15) is 0 Å². The maximum absolute atomic E-state index is 5.72. The number of benzene rings is 1. The van der Waals surface area contributed by atoms with Gasteiger partial charge in [0.25, 0.3) is 0 Å². The summed E-state index contributed by atoms with van der Waals surface area (Å²) < 4.78 is 5.72. The summed E-state index contributed by atoms with van der Waals surface area (Å²) in [5, 5.41) is 4.22. The van der Waals surface area contributed by atoms with E-state index in [-0.39, 0.29) is 0 Å². The molecule has 5 rings (SSSR count). The molecule has 0 aliphatic carbocycles. The highest BCUT2D eigenvalue weighted by Crippen LogP contribution is 2.17. The number of rotatable bonds is 4. The second-order valence-corrected chi connectivity index (χ2v) is 8.89. The van der Waals surface area contributed by atoms with Gasteiger partial charge >= 0.3 is 0 Å². The molecular formula is C26H31N5O. The molecule has 166 valence electrons. The molecule has 32 heavy (non-hydrogen) atoms. The minimum absolute atomic E-state index is 0.823. The molecular weight excluding hydrogens is 398 g/mol. The molecule has 0 amide bonds. The van der Waals surface area contributed by atoms with E-state index in [0.717, 1.165) is 71.6 Å². The predicted molar refractivity (Wildman–Crippen MR) is 128 cm³/mol. The molecule has 2 aliphatic rings. The topological polar surface area (TPSA) is 59.6 Å². The third kappa shape index (κ3) is 3.92. The molecule has 0 saturated carbocycles. The predicted octanol–water partition coefficient (Wildman–Crippen LogP) is 0.637. The van der Waals surface area contributed by atoms with E-state index in [1.54, 1.807) is 7.11 Å². The van der Waals surface area contributed by atoms with E-state index in [1.807, 2.05) is 0 Å². The van der Waals surface area contributed by atoms with Crippen molar-refractivity contribution in [3.05, 3.63) is 74.6 Å². The highest BCUT2D eigenvalue weighted by Gasteiger charge is 2.21. The third-order valence-electron chi connectivity index (χ3n) is 6.49. The maximum atomic E-state index is 5.72. The molecule has 0 radical (unpaired) electrons. The number of para-hydroxylation sites is 1. The summed E-state index contributed by atoms with van der Waals surface area (Å²) in [7, 11) is 3.91. The van der Waals surface area contributed by atoms with Crippen molar-refractivity contribution in [2.45, 2.75) is 13.8 Å². The second-order valence-electron chi connectivity index (χ2n) is 8.89. The van der Waals surface area contributed by atoms with Crippen LogP contribution in [0, 0.1) is 13.8 Å². The van der Waals surface area contributed by atoms with Gasteiger partial charge in [-0.15, -0.1) is 0 Å². The van der Waals surface area contributed by atoms with Crippen LogP contribution in [0.25, 0.3) is 17.3 Å². The number of nitrogens with zero attached hydrogens (tertiary/aromatic N) is 3. The Morgan fingerprint density at radius 2 is 1.84 bits per heavy atom. The van der Waals surface area contributed by atoms with Gasteiger partial charge in [-0.05, 0) is 44.7 Å². The van der Waals surface area contributed by atoms with Crippen LogP contribution in [0.1, 0.15) is 17.0 Å². The Morgan fingerprint density at radius 1 is 1.06 bits per heavy atom. The van der Waals surface area contributed by atoms with E-state index < -0.39 is 0 Å². The minimum Gasteiger partial charge on any atom is -0.494 e. The molecule has 2 aromatic heterocycles. The lowest BCUT2D eigenvalue weighted by Gasteiger charge is -2.32. The van der Waals surface area contributed by atoms with Crippen LogP contribution in [-0.2, 0) is 0 Å². The quantitative estimate of drug-likeness (QED) is 0.640. The molecule has 3 aromatic rings. The van der Waals surface area contributed by atoms with Crippen molar-refractivity contribution in [1.82, 2.24) is 19.8 Å². The maximum Gasteiger partial charge on any atom is 0.144 e. The molecule has 6 heteroatoms. The average Bonchev–Trinajstić information content (AvgIpc) is 3.45. The summed E-state index contributed by atoms with van der Waals surface area (Å²) in [6.07, 6.45) is 2.12. The highest BCUT2D eigenvalue weighted by atomic mass is 16.5. The van der Waals surface area contributed by atoms with Gasteiger partial charge in [0, 0.05) is 61.0 Å². The number of likely N-dealkylation sites (N-methyl/N-ethyl adjacent to an activating group) is 1. The summed E-state index contributed by atoms with van der Waals surface area (Å²) in [6, 6.07) is 12.7. The van der Waals surface area contributed by atoms with Gasteiger partial charge in [0.1, 0.15) is 5.75 Å². The number of methoxy groups -OCH3 is 1. The number of hydrogen-bond acceptors (Lipinski definition) is 4. The molecule has 1 aromatic carbocycles. The Hall–Kier alpha value is -3.09. The number of H-pyrrole nitrogens is 2. The van der Waals surface area contributed by atoms with Crippen LogP contribution in [-0.4, -0.2) is 66.6 Å². The number of ether oxygens (including phenoxy) is 1.